The molecule has 0 saturated carbocycles. The maximum atomic E-state index is 4.30. The SMILES string of the molecule is CC(C)NCc1cccc2[nH]cnc12. The van der Waals surface area contributed by atoms with Crippen LogP contribution in [-0.4, -0.2) is 16.0 Å². The monoisotopic (exact) mass is 189 g/mol. The highest BCUT2D eigenvalue weighted by Crippen LogP contribution is 2.14. The summed E-state index contributed by atoms with van der Waals surface area (Å²) >= 11 is 0. The van der Waals surface area contributed by atoms with E-state index in [4.69, 9.17) is 0 Å². The van der Waals surface area contributed by atoms with E-state index in [1.54, 1.807) is 6.33 Å². The molecule has 0 spiro atoms. The number of hydrogen-bond donors (Lipinski definition) is 2. The lowest BCUT2D eigenvalue weighted by atomic mass is 10.2. The van der Waals surface area contributed by atoms with Crippen LogP contribution in [0.15, 0.2) is 24.5 Å². The largest absolute Gasteiger partial charge is 0.345 e. The first-order chi connectivity index (χ1) is 6.77. The van der Waals surface area contributed by atoms with Gasteiger partial charge in [0.05, 0.1) is 17.4 Å². The van der Waals surface area contributed by atoms with Crippen molar-refractivity contribution >= 4 is 11.0 Å². The molecule has 3 nitrogen and oxygen atoms in total. The first-order valence-electron chi connectivity index (χ1n) is 4.91. The molecular formula is C11H15N3. The molecule has 0 bridgehead atoms. The Kier molecular flexibility index (Phi) is 2.50. The second-order valence-electron chi connectivity index (χ2n) is 3.75. The molecule has 1 aromatic carbocycles. The molecule has 2 aromatic rings. The van der Waals surface area contributed by atoms with Gasteiger partial charge in [-0.3, -0.25) is 0 Å². The predicted octanol–water partition coefficient (Wildman–Crippen LogP) is 2.06. The lowest BCUT2D eigenvalue weighted by Gasteiger charge is -2.08. The summed E-state index contributed by atoms with van der Waals surface area (Å²) in [7, 11) is 0. The second-order valence-corrected chi connectivity index (χ2v) is 3.75. The number of imidazole rings is 1. The topological polar surface area (TPSA) is 40.7 Å². The van der Waals surface area contributed by atoms with Gasteiger partial charge >= 0.3 is 0 Å². The minimum atomic E-state index is 0.504. The van der Waals surface area contributed by atoms with E-state index in [0.29, 0.717) is 6.04 Å². The molecule has 0 radical (unpaired) electrons. The summed E-state index contributed by atoms with van der Waals surface area (Å²) in [5.41, 5.74) is 3.42. The van der Waals surface area contributed by atoms with E-state index < -0.39 is 0 Å². The van der Waals surface area contributed by atoms with Crippen LogP contribution < -0.4 is 5.32 Å². The van der Waals surface area contributed by atoms with Crippen LogP contribution in [0.3, 0.4) is 0 Å². The maximum Gasteiger partial charge on any atom is 0.0932 e. The highest BCUT2D eigenvalue weighted by atomic mass is 14.9. The fourth-order valence-corrected chi connectivity index (χ4v) is 1.48. The van der Waals surface area contributed by atoms with Crippen LogP contribution in [0, 0.1) is 0 Å². The van der Waals surface area contributed by atoms with Gasteiger partial charge in [-0.1, -0.05) is 26.0 Å². The number of benzene rings is 1. The zero-order chi connectivity index (χ0) is 9.97. The van der Waals surface area contributed by atoms with Crippen molar-refractivity contribution in [3.63, 3.8) is 0 Å². The first-order valence-corrected chi connectivity index (χ1v) is 4.91. The van der Waals surface area contributed by atoms with Gasteiger partial charge in [-0.25, -0.2) is 4.98 Å². The second kappa shape index (κ2) is 3.80. The predicted molar refractivity (Wildman–Crippen MR) is 58.1 cm³/mol. The van der Waals surface area contributed by atoms with Gasteiger partial charge in [-0.05, 0) is 11.6 Å². The van der Waals surface area contributed by atoms with Crippen LogP contribution >= 0.6 is 0 Å². The van der Waals surface area contributed by atoms with Crippen molar-refractivity contribution in [1.82, 2.24) is 15.3 Å². The molecule has 74 valence electrons. The van der Waals surface area contributed by atoms with Crippen molar-refractivity contribution < 1.29 is 0 Å². The van der Waals surface area contributed by atoms with Gasteiger partial charge in [0.25, 0.3) is 0 Å². The normalized spacial score (nSPS) is 11.4. The van der Waals surface area contributed by atoms with Crippen LogP contribution in [0.1, 0.15) is 19.4 Å². The average molecular weight is 189 g/mol. The lowest BCUT2D eigenvalue weighted by Crippen LogP contribution is -2.21. The van der Waals surface area contributed by atoms with E-state index >= 15 is 0 Å². The molecule has 2 N–H and O–H groups in total. The molecular weight excluding hydrogens is 174 g/mol. The van der Waals surface area contributed by atoms with Gasteiger partial charge in [0.1, 0.15) is 0 Å². The quantitative estimate of drug-likeness (QED) is 0.776. The molecule has 0 saturated heterocycles. The third-order valence-corrected chi connectivity index (χ3v) is 2.23. The molecule has 14 heavy (non-hydrogen) atoms. The summed E-state index contributed by atoms with van der Waals surface area (Å²) in [5, 5.41) is 3.39. The van der Waals surface area contributed by atoms with Crippen molar-refractivity contribution in [1.29, 1.82) is 0 Å². The fraction of sp³-hybridized carbons (Fsp3) is 0.364. The number of nitrogens with zero attached hydrogens (tertiary/aromatic N) is 1. The number of H-pyrrole nitrogens is 1. The van der Waals surface area contributed by atoms with Crippen LogP contribution in [0.5, 0.6) is 0 Å². The lowest BCUT2D eigenvalue weighted by molar-refractivity contribution is 0.590. The molecule has 0 fully saturated rings. The first kappa shape index (κ1) is 9.21. The zero-order valence-corrected chi connectivity index (χ0v) is 8.54. The summed E-state index contributed by atoms with van der Waals surface area (Å²) in [5.74, 6) is 0. The van der Waals surface area contributed by atoms with E-state index in [0.717, 1.165) is 17.6 Å². The van der Waals surface area contributed by atoms with Gasteiger partial charge in [-0.15, -0.1) is 0 Å². The standard InChI is InChI=1S/C11H15N3/c1-8(2)12-6-9-4-3-5-10-11(9)14-7-13-10/h3-5,7-8,12H,6H2,1-2H3,(H,13,14). The van der Waals surface area contributed by atoms with Gasteiger partial charge in [-0.2, -0.15) is 0 Å². The molecule has 0 unspecified atom stereocenters. The Morgan fingerprint density at radius 2 is 2.29 bits per heavy atom. The van der Waals surface area contributed by atoms with E-state index in [9.17, 15) is 0 Å². The van der Waals surface area contributed by atoms with Crippen molar-refractivity contribution in [2.75, 3.05) is 0 Å². The van der Waals surface area contributed by atoms with Crippen molar-refractivity contribution in [2.45, 2.75) is 26.4 Å². The Labute approximate surface area is 83.6 Å². The third kappa shape index (κ3) is 1.77. The Balaban J connectivity index is 2.27. The number of aromatic nitrogens is 2. The number of hydrogen-bond acceptors (Lipinski definition) is 2. The minimum Gasteiger partial charge on any atom is -0.345 e. The smallest absolute Gasteiger partial charge is 0.0932 e. The van der Waals surface area contributed by atoms with E-state index in [2.05, 4.69) is 41.3 Å². The Morgan fingerprint density at radius 3 is 3.07 bits per heavy atom. The molecule has 0 amide bonds. The Morgan fingerprint density at radius 1 is 1.43 bits per heavy atom. The summed E-state index contributed by atoms with van der Waals surface area (Å²) in [4.78, 5) is 7.41. The van der Waals surface area contributed by atoms with Gasteiger partial charge in [0.2, 0.25) is 0 Å². The number of fused-ring (bicyclic) bond motifs is 1. The summed E-state index contributed by atoms with van der Waals surface area (Å²) in [6.45, 7) is 5.16. The highest BCUT2D eigenvalue weighted by molar-refractivity contribution is 5.77. The molecule has 1 aromatic heterocycles. The van der Waals surface area contributed by atoms with Crippen LogP contribution in [0.25, 0.3) is 11.0 Å². The fourth-order valence-electron chi connectivity index (χ4n) is 1.48. The highest BCUT2D eigenvalue weighted by Gasteiger charge is 2.02. The Bertz CT molecular complexity index is 417. The summed E-state index contributed by atoms with van der Waals surface area (Å²) in [6.07, 6.45) is 1.74. The van der Waals surface area contributed by atoms with Gasteiger partial charge in [0, 0.05) is 12.6 Å². The summed E-state index contributed by atoms with van der Waals surface area (Å²) < 4.78 is 0. The number of nitrogens with one attached hydrogen (secondary N) is 2. The molecule has 3 heteroatoms. The van der Waals surface area contributed by atoms with Gasteiger partial charge in [0.15, 0.2) is 0 Å². The number of para-hydroxylation sites is 1. The molecule has 0 aliphatic carbocycles. The third-order valence-electron chi connectivity index (χ3n) is 2.23. The van der Waals surface area contributed by atoms with E-state index in [-0.39, 0.29) is 0 Å². The van der Waals surface area contributed by atoms with Gasteiger partial charge < -0.3 is 10.3 Å². The summed E-state index contributed by atoms with van der Waals surface area (Å²) in [6, 6.07) is 6.71. The number of aromatic amines is 1. The maximum absolute atomic E-state index is 4.30. The van der Waals surface area contributed by atoms with Crippen LogP contribution in [0.2, 0.25) is 0 Å². The number of rotatable bonds is 3. The average Bonchev–Trinajstić information content (AvgIpc) is 2.62. The van der Waals surface area contributed by atoms with Crippen molar-refractivity contribution in [3.05, 3.63) is 30.1 Å². The zero-order valence-electron chi connectivity index (χ0n) is 8.54. The van der Waals surface area contributed by atoms with E-state index in [1.165, 1.54) is 5.56 Å². The van der Waals surface area contributed by atoms with Crippen molar-refractivity contribution in [2.24, 2.45) is 0 Å². The van der Waals surface area contributed by atoms with Crippen LogP contribution in [-0.2, 0) is 6.54 Å². The minimum absolute atomic E-state index is 0.504. The van der Waals surface area contributed by atoms with E-state index in [1.807, 2.05) is 6.07 Å². The molecule has 1 heterocycles. The Hall–Kier alpha value is -1.35. The molecule has 0 aliphatic heterocycles. The molecule has 0 atom stereocenters. The molecule has 0 aliphatic rings. The molecule has 2 rings (SSSR count). The van der Waals surface area contributed by atoms with Crippen LogP contribution in [0.4, 0.5) is 0 Å². The van der Waals surface area contributed by atoms with Crippen molar-refractivity contribution in [3.8, 4) is 0 Å².